The van der Waals surface area contributed by atoms with E-state index in [1.165, 1.54) is 19.1 Å². The summed E-state index contributed by atoms with van der Waals surface area (Å²) in [5.41, 5.74) is 1.24. The molecule has 2 aromatic carbocycles. The fraction of sp³-hybridized carbons (Fsp3) is 0.211. The Kier molecular flexibility index (Phi) is 6.06. The van der Waals surface area contributed by atoms with Crippen LogP contribution in [0.3, 0.4) is 0 Å². The first kappa shape index (κ1) is 19.1. The standard InChI is InChI=1S/C19H19FN2O4/c1-12(23)21-14-6-9-16(17(20)10-14)18(24)11-26-19(25)13-4-7-15(8-5-13)22(2)3/h4-10H,11H2,1-3H3,(H,21,23). The Labute approximate surface area is 150 Å². The molecule has 0 aromatic heterocycles. The molecule has 0 radical (unpaired) electrons. The van der Waals surface area contributed by atoms with Gasteiger partial charge in [-0.2, -0.15) is 0 Å². The average Bonchev–Trinajstić information content (AvgIpc) is 2.59. The highest BCUT2D eigenvalue weighted by Gasteiger charge is 2.16. The first-order valence-electron chi connectivity index (χ1n) is 7.83. The largest absolute Gasteiger partial charge is 0.454 e. The van der Waals surface area contributed by atoms with Crippen molar-refractivity contribution in [3.8, 4) is 0 Å². The van der Waals surface area contributed by atoms with Crippen LogP contribution < -0.4 is 10.2 Å². The van der Waals surface area contributed by atoms with Crippen LogP contribution in [0.1, 0.15) is 27.6 Å². The van der Waals surface area contributed by atoms with Gasteiger partial charge in [0.2, 0.25) is 11.7 Å². The molecule has 6 nitrogen and oxygen atoms in total. The number of nitrogens with zero attached hydrogens (tertiary/aromatic N) is 1. The van der Waals surface area contributed by atoms with E-state index in [4.69, 9.17) is 4.74 Å². The van der Waals surface area contributed by atoms with Gasteiger partial charge in [0.25, 0.3) is 0 Å². The third-order valence-electron chi connectivity index (χ3n) is 3.54. The van der Waals surface area contributed by atoms with Gasteiger partial charge < -0.3 is 15.0 Å². The van der Waals surface area contributed by atoms with Gasteiger partial charge in [-0.1, -0.05) is 0 Å². The second kappa shape index (κ2) is 8.24. The molecule has 0 atom stereocenters. The number of hydrogen-bond acceptors (Lipinski definition) is 5. The van der Waals surface area contributed by atoms with Crippen molar-refractivity contribution in [3.05, 3.63) is 59.4 Å². The average molecular weight is 358 g/mol. The van der Waals surface area contributed by atoms with Crippen LogP contribution in [0.2, 0.25) is 0 Å². The summed E-state index contributed by atoms with van der Waals surface area (Å²) in [5, 5.41) is 2.42. The smallest absolute Gasteiger partial charge is 0.338 e. The van der Waals surface area contributed by atoms with Crippen molar-refractivity contribution in [2.24, 2.45) is 0 Å². The second-order valence-corrected chi connectivity index (χ2v) is 5.82. The van der Waals surface area contributed by atoms with Crippen LogP contribution in [0.15, 0.2) is 42.5 Å². The zero-order valence-corrected chi connectivity index (χ0v) is 14.7. The molecular weight excluding hydrogens is 339 g/mol. The van der Waals surface area contributed by atoms with E-state index in [2.05, 4.69) is 5.32 Å². The molecule has 136 valence electrons. The summed E-state index contributed by atoms with van der Waals surface area (Å²) < 4.78 is 19.0. The number of carbonyl (C=O) groups excluding carboxylic acids is 3. The van der Waals surface area contributed by atoms with Gasteiger partial charge in [0.05, 0.1) is 11.1 Å². The van der Waals surface area contributed by atoms with Gasteiger partial charge in [-0.25, -0.2) is 9.18 Å². The molecule has 0 bridgehead atoms. The number of carbonyl (C=O) groups is 3. The van der Waals surface area contributed by atoms with Gasteiger partial charge >= 0.3 is 5.97 Å². The molecule has 0 heterocycles. The number of ether oxygens (including phenoxy) is 1. The predicted molar refractivity (Wildman–Crippen MR) is 96.1 cm³/mol. The quantitative estimate of drug-likeness (QED) is 0.635. The minimum Gasteiger partial charge on any atom is -0.454 e. The minimum atomic E-state index is -0.798. The lowest BCUT2D eigenvalue weighted by Gasteiger charge is -2.12. The summed E-state index contributed by atoms with van der Waals surface area (Å²) in [7, 11) is 3.75. The van der Waals surface area contributed by atoms with Gasteiger partial charge in [-0.15, -0.1) is 0 Å². The zero-order chi connectivity index (χ0) is 19.3. The number of anilines is 2. The lowest BCUT2D eigenvalue weighted by Crippen LogP contribution is -2.16. The number of ketones is 1. The highest BCUT2D eigenvalue weighted by molar-refractivity contribution is 6.00. The molecular formula is C19H19FN2O4. The summed E-state index contributed by atoms with van der Waals surface area (Å²) in [6.45, 7) is 0.714. The van der Waals surface area contributed by atoms with E-state index < -0.39 is 24.2 Å². The third kappa shape index (κ3) is 4.89. The van der Waals surface area contributed by atoms with Crippen LogP contribution in [0, 0.1) is 5.82 Å². The van der Waals surface area contributed by atoms with Crippen molar-refractivity contribution >= 4 is 29.0 Å². The lowest BCUT2D eigenvalue weighted by atomic mass is 10.1. The van der Waals surface area contributed by atoms with Crippen LogP contribution in [-0.2, 0) is 9.53 Å². The normalized spacial score (nSPS) is 10.2. The van der Waals surface area contributed by atoms with Crippen LogP contribution in [0.25, 0.3) is 0 Å². The van der Waals surface area contributed by atoms with Gasteiger partial charge in [-0.3, -0.25) is 9.59 Å². The summed E-state index contributed by atoms with van der Waals surface area (Å²) in [6, 6.07) is 10.4. The summed E-state index contributed by atoms with van der Waals surface area (Å²) in [6.07, 6.45) is 0. The van der Waals surface area contributed by atoms with E-state index in [0.29, 0.717) is 5.56 Å². The van der Waals surface area contributed by atoms with Gasteiger partial charge in [0.15, 0.2) is 6.61 Å². The van der Waals surface area contributed by atoms with E-state index in [1.807, 2.05) is 19.0 Å². The van der Waals surface area contributed by atoms with Crippen molar-refractivity contribution in [3.63, 3.8) is 0 Å². The zero-order valence-electron chi connectivity index (χ0n) is 14.7. The Morgan fingerprint density at radius 2 is 1.73 bits per heavy atom. The number of halogens is 1. The van der Waals surface area contributed by atoms with Crippen molar-refractivity contribution in [2.45, 2.75) is 6.92 Å². The van der Waals surface area contributed by atoms with E-state index in [0.717, 1.165) is 11.8 Å². The molecule has 26 heavy (non-hydrogen) atoms. The van der Waals surface area contributed by atoms with Crippen LogP contribution in [0.4, 0.5) is 15.8 Å². The van der Waals surface area contributed by atoms with Gasteiger partial charge in [0.1, 0.15) is 5.82 Å². The summed E-state index contributed by atoms with van der Waals surface area (Å²) >= 11 is 0. The topological polar surface area (TPSA) is 75.7 Å². The molecule has 0 unspecified atom stereocenters. The highest BCUT2D eigenvalue weighted by atomic mass is 19.1. The molecule has 0 aliphatic carbocycles. The van der Waals surface area contributed by atoms with E-state index in [9.17, 15) is 18.8 Å². The number of hydrogen-bond donors (Lipinski definition) is 1. The maximum Gasteiger partial charge on any atom is 0.338 e. The Morgan fingerprint density at radius 3 is 2.27 bits per heavy atom. The molecule has 0 aliphatic heterocycles. The number of nitrogens with one attached hydrogen (secondary N) is 1. The molecule has 0 saturated heterocycles. The van der Waals surface area contributed by atoms with Gasteiger partial charge in [-0.05, 0) is 42.5 Å². The third-order valence-corrected chi connectivity index (χ3v) is 3.54. The number of benzene rings is 2. The van der Waals surface area contributed by atoms with Crippen molar-refractivity contribution in [2.75, 3.05) is 30.9 Å². The minimum absolute atomic E-state index is 0.213. The van der Waals surface area contributed by atoms with Gasteiger partial charge in [0, 0.05) is 32.4 Å². The molecule has 0 saturated carbocycles. The summed E-state index contributed by atoms with van der Waals surface area (Å²) in [5.74, 6) is -2.49. The molecule has 1 N–H and O–H groups in total. The number of amides is 1. The number of Topliss-reactive ketones (excluding diaryl/α,β-unsaturated/α-hetero) is 1. The Balaban J connectivity index is 1.99. The number of esters is 1. The monoisotopic (exact) mass is 358 g/mol. The SMILES string of the molecule is CC(=O)Nc1ccc(C(=O)COC(=O)c2ccc(N(C)C)cc2)c(F)c1. The molecule has 2 aromatic rings. The van der Waals surface area contributed by atoms with Crippen LogP contribution in [0.5, 0.6) is 0 Å². The first-order valence-corrected chi connectivity index (χ1v) is 7.83. The molecule has 0 spiro atoms. The molecule has 2 rings (SSSR count). The Bertz CT molecular complexity index is 832. The van der Waals surface area contributed by atoms with E-state index >= 15 is 0 Å². The van der Waals surface area contributed by atoms with E-state index in [-0.39, 0.29) is 17.2 Å². The van der Waals surface area contributed by atoms with Crippen LogP contribution in [-0.4, -0.2) is 38.4 Å². The highest BCUT2D eigenvalue weighted by Crippen LogP contribution is 2.16. The molecule has 0 fully saturated rings. The van der Waals surface area contributed by atoms with Crippen LogP contribution >= 0.6 is 0 Å². The number of rotatable bonds is 6. The molecule has 7 heteroatoms. The lowest BCUT2D eigenvalue weighted by molar-refractivity contribution is -0.114. The molecule has 1 amide bonds. The van der Waals surface area contributed by atoms with Crippen molar-refractivity contribution < 1.29 is 23.5 Å². The van der Waals surface area contributed by atoms with Crippen molar-refractivity contribution in [1.82, 2.24) is 0 Å². The maximum absolute atomic E-state index is 14.0. The fourth-order valence-electron chi connectivity index (χ4n) is 2.21. The Morgan fingerprint density at radius 1 is 1.08 bits per heavy atom. The molecule has 0 aliphatic rings. The fourth-order valence-corrected chi connectivity index (χ4v) is 2.21. The van der Waals surface area contributed by atoms with Crippen molar-refractivity contribution in [1.29, 1.82) is 0 Å². The van der Waals surface area contributed by atoms with E-state index in [1.54, 1.807) is 24.3 Å². The first-order chi connectivity index (χ1) is 12.3. The Hall–Kier alpha value is -3.22. The predicted octanol–water partition coefficient (Wildman–Crippen LogP) is 2.89. The second-order valence-electron chi connectivity index (χ2n) is 5.82. The summed E-state index contributed by atoms with van der Waals surface area (Å²) in [4.78, 5) is 36.9. The maximum atomic E-state index is 14.0.